The van der Waals surface area contributed by atoms with Gasteiger partial charge in [-0.25, -0.2) is 0 Å². The molecular formula is C10H16O5S. The van der Waals surface area contributed by atoms with Crippen molar-refractivity contribution in [3.63, 3.8) is 0 Å². The highest BCUT2D eigenvalue weighted by Crippen LogP contribution is 2.62. The summed E-state index contributed by atoms with van der Waals surface area (Å²) in [4.78, 5) is 11.5. The first-order chi connectivity index (χ1) is 7.36. The Bertz CT molecular complexity index is 393. The monoisotopic (exact) mass is 248 g/mol. The van der Waals surface area contributed by atoms with E-state index in [9.17, 15) is 13.2 Å². The van der Waals surface area contributed by atoms with Crippen molar-refractivity contribution in [2.45, 2.75) is 19.3 Å². The zero-order valence-corrected chi connectivity index (χ0v) is 10.2. The highest BCUT2D eigenvalue weighted by atomic mass is 32.2. The van der Waals surface area contributed by atoms with Gasteiger partial charge in [0.2, 0.25) is 0 Å². The number of ether oxygens (including phenoxy) is 1. The first kappa shape index (κ1) is 11.9. The van der Waals surface area contributed by atoms with Crippen molar-refractivity contribution in [1.82, 2.24) is 0 Å². The second-order valence-electron chi connectivity index (χ2n) is 4.89. The lowest BCUT2D eigenvalue weighted by molar-refractivity contribution is -0.157. The van der Waals surface area contributed by atoms with Gasteiger partial charge in [-0.1, -0.05) is 0 Å². The Hall–Kier alpha value is -0.620. The minimum Gasteiger partial charge on any atom is -0.469 e. The standard InChI is InChI=1S/C10H16O5S/c1-14-9(11)10-3-7(4-10)8(5-10)6-15-16(2,12)13/h7-8H,3-6H2,1-2H3. The van der Waals surface area contributed by atoms with Gasteiger partial charge in [0.15, 0.2) is 0 Å². The zero-order chi connectivity index (χ0) is 12.0. The quantitative estimate of drug-likeness (QED) is 0.537. The Balaban J connectivity index is 1.92. The van der Waals surface area contributed by atoms with Crippen LogP contribution >= 0.6 is 0 Å². The molecular weight excluding hydrogens is 232 g/mol. The molecule has 0 spiro atoms. The fourth-order valence-electron chi connectivity index (χ4n) is 2.99. The van der Waals surface area contributed by atoms with E-state index in [1.54, 1.807) is 0 Å². The molecule has 0 radical (unpaired) electrons. The van der Waals surface area contributed by atoms with Crippen LogP contribution in [0.2, 0.25) is 0 Å². The summed E-state index contributed by atoms with van der Waals surface area (Å²) in [5.41, 5.74) is -0.342. The third kappa shape index (κ3) is 1.96. The van der Waals surface area contributed by atoms with E-state index < -0.39 is 10.1 Å². The highest BCUT2D eigenvalue weighted by molar-refractivity contribution is 7.85. The Labute approximate surface area is 95.2 Å². The largest absolute Gasteiger partial charge is 0.469 e. The predicted octanol–water partition coefficient (Wildman–Crippen LogP) is 0.552. The van der Waals surface area contributed by atoms with Gasteiger partial charge in [-0.2, -0.15) is 8.42 Å². The molecule has 3 fully saturated rings. The first-order valence-corrected chi connectivity index (χ1v) is 7.11. The van der Waals surface area contributed by atoms with E-state index in [1.165, 1.54) is 7.11 Å². The smallest absolute Gasteiger partial charge is 0.311 e. The summed E-state index contributed by atoms with van der Waals surface area (Å²) in [6.07, 6.45) is 3.37. The number of carbonyl (C=O) groups excluding carboxylic acids is 1. The van der Waals surface area contributed by atoms with Gasteiger partial charge in [-0.05, 0) is 31.1 Å². The summed E-state index contributed by atoms with van der Waals surface area (Å²) in [5, 5.41) is 0. The highest BCUT2D eigenvalue weighted by Gasteiger charge is 2.60. The third-order valence-corrected chi connectivity index (χ3v) is 4.30. The second kappa shape index (κ2) is 3.70. The number of carbonyl (C=O) groups is 1. The van der Waals surface area contributed by atoms with E-state index in [4.69, 9.17) is 8.92 Å². The lowest BCUT2D eigenvalue weighted by atomic mass is 9.69. The first-order valence-electron chi connectivity index (χ1n) is 5.29. The average molecular weight is 248 g/mol. The van der Waals surface area contributed by atoms with Gasteiger partial charge in [-0.15, -0.1) is 0 Å². The van der Waals surface area contributed by atoms with Crippen LogP contribution in [0.3, 0.4) is 0 Å². The molecule has 6 heteroatoms. The van der Waals surface area contributed by atoms with Crippen molar-refractivity contribution in [3.05, 3.63) is 0 Å². The van der Waals surface area contributed by atoms with Crippen LogP contribution in [0.15, 0.2) is 0 Å². The van der Waals surface area contributed by atoms with E-state index in [2.05, 4.69) is 0 Å². The lowest BCUT2D eigenvalue weighted by Crippen LogP contribution is -2.37. The van der Waals surface area contributed by atoms with Gasteiger partial charge in [0.25, 0.3) is 10.1 Å². The molecule has 0 aliphatic heterocycles. The lowest BCUT2D eigenvalue weighted by Gasteiger charge is -2.35. The SMILES string of the molecule is COC(=O)C12CC(COS(C)(=O)=O)C(C1)C2. The van der Waals surface area contributed by atoms with E-state index in [0.29, 0.717) is 12.3 Å². The molecule has 0 N–H and O–H groups in total. The molecule has 3 rings (SSSR count). The summed E-state index contributed by atoms with van der Waals surface area (Å²) in [6, 6.07) is 0. The van der Waals surface area contributed by atoms with Crippen LogP contribution in [0.25, 0.3) is 0 Å². The van der Waals surface area contributed by atoms with Crippen LogP contribution in [-0.2, 0) is 23.8 Å². The number of hydrogen-bond donors (Lipinski definition) is 0. The molecule has 0 aromatic carbocycles. The molecule has 5 nitrogen and oxygen atoms in total. The maximum Gasteiger partial charge on any atom is 0.311 e. The Morgan fingerprint density at radius 3 is 2.50 bits per heavy atom. The van der Waals surface area contributed by atoms with Gasteiger partial charge in [0.05, 0.1) is 25.4 Å². The van der Waals surface area contributed by atoms with E-state index in [-0.39, 0.29) is 23.9 Å². The second-order valence-corrected chi connectivity index (χ2v) is 6.54. The maximum absolute atomic E-state index is 11.5. The number of fused-ring (bicyclic) bond motifs is 1. The third-order valence-electron chi connectivity index (χ3n) is 3.74. The molecule has 2 bridgehead atoms. The van der Waals surface area contributed by atoms with Crippen LogP contribution in [0.4, 0.5) is 0 Å². The van der Waals surface area contributed by atoms with Crippen LogP contribution in [0, 0.1) is 17.3 Å². The molecule has 3 aliphatic rings. The normalized spacial score (nSPS) is 36.9. The molecule has 1 atom stereocenters. The molecule has 3 aliphatic carbocycles. The van der Waals surface area contributed by atoms with Gasteiger partial charge in [0.1, 0.15) is 0 Å². The van der Waals surface area contributed by atoms with Crippen LogP contribution < -0.4 is 0 Å². The van der Waals surface area contributed by atoms with Crippen molar-refractivity contribution in [2.24, 2.45) is 17.3 Å². The minimum absolute atomic E-state index is 0.161. The summed E-state index contributed by atoms with van der Waals surface area (Å²) in [6.45, 7) is 0.197. The van der Waals surface area contributed by atoms with Gasteiger partial charge >= 0.3 is 5.97 Å². The van der Waals surface area contributed by atoms with Gasteiger partial charge in [-0.3, -0.25) is 8.98 Å². The van der Waals surface area contributed by atoms with Crippen molar-refractivity contribution in [2.75, 3.05) is 20.0 Å². The number of rotatable bonds is 4. The van der Waals surface area contributed by atoms with Gasteiger partial charge in [0, 0.05) is 0 Å². The molecule has 0 amide bonds. The Morgan fingerprint density at radius 1 is 1.38 bits per heavy atom. The van der Waals surface area contributed by atoms with Crippen molar-refractivity contribution in [3.8, 4) is 0 Å². The van der Waals surface area contributed by atoms with Crippen molar-refractivity contribution in [1.29, 1.82) is 0 Å². The van der Waals surface area contributed by atoms with Gasteiger partial charge < -0.3 is 4.74 Å². The summed E-state index contributed by atoms with van der Waals surface area (Å²) < 4.78 is 31.3. The summed E-state index contributed by atoms with van der Waals surface area (Å²) >= 11 is 0. The summed E-state index contributed by atoms with van der Waals surface area (Å²) in [7, 11) is -1.98. The topological polar surface area (TPSA) is 69.7 Å². The molecule has 3 saturated carbocycles. The number of hydrogen-bond acceptors (Lipinski definition) is 5. The van der Waals surface area contributed by atoms with E-state index >= 15 is 0 Å². The zero-order valence-electron chi connectivity index (χ0n) is 9.43. The predicted molar refractivity (Wildman–Crippen MR) is 56.1 cm³/mol. The molecule has 92 valence electrons. The molecule has 16 heavy (non-hydrogen) atoms. The van der Waals surface area contributed by atoms with E-state index in [1.807, 2.05) is 0 Å². The van der Waals surface area contributed by atoms with Crippen molar-refractivity contribution >= 4 is 16.1 Å². The molecule has 0 aromatic rings. The molecule has 0 aromatic heterocycles. The fourth-order valence-corrected chi connectivity index (χ4v) is 3.41. The summed E-state index contributed by atoms with van der Waals surface area (Å²) in [5.74, 6) is 0.431. The number of esters is 1. The van der Waals surface area contributed by atoms with Crippen LogP contribution in [-0.4, -0.2) is 34.4 Å². The molecule has 0 saturated heterocycles. The molecule has 1 unspecified atom stereocenters. The number of methoxy groups -OCH3 is 1. The Kier molecular flexibility index (Phi) is 2.74. The minimum atomic E-state index is -3.38. The molecule has 0 heterocycles. The fraction of sp³-hybridized carbons (Fsp3) is 0.900. The van der Waals surface area contributed by atoms with Crippen molar-refractivity contribution < 1.29 is 22.1 Å². The van der Waals surface area contributed by atoms with Crippen LogP contribution in [0.1, 0.15) is 19.3 Å². The maximum atomic E-state index is 11.5. The van der Waals surface area contributed by atoms with Crippen LogP contribution in [0.5, 0.6) is 0 Å². The Morgan fingerprint density at radius 2 is 2.00 bits per heavy atom. The van der Waals surface area contributed by atoms with E-state index in [0.717, 1.165) is 19.1 Å². The average Bonchev–Trinajstić information content (AvgIpc) is 2.66.